The number of nitrogens with zero attached hydrogens (tertiary/aromatic N) is 2. The summed E-state index contributed by atoms with van der Waals surface area (Å²) >= 11 is 0. The highest BCUT2D eigenvalue weighted by molar-refractivity contribution is 6.12. The van der Waals surface area contributed by atoms with Crippen LogP contribution in [0.4, 0.5) is 10.1 Å². The monoisotopic (exact) mass is 317 g/mol. The predicted octanol–water partition coefficient (Wildman–Crippen LogP) is 5.08. The lowest BCUT2D eigenvalue weighted by atomic mass is 10.0. The van der Waals surface area contributed by atoms with Crippen molar-refractivity contribution in [2.45, 2.75) is 6.92 Å². The van der Waals surface area contributed by atoms with Crippen molar-refractivity contribution in [1.29, 1.82) is 0 Å². The number of aromatic nitrogens is 1. The second-order valence-electron chi connectivity index (χ2n) is 5.82. The van der Waals surface area contributed by atoms with Crippen LogP contribution in [-0.2, 0) is 7.05 Å². The van der Waals surface area contributed by atoms with Gasteiger partial charge in [0, 0.05) is 22.9 Å². The summed E-state index contributed by atoms with van der Waals surface area (Å²) in [5, 5.41) is 1.65. The molecule has 0 spiro atoms. The molecule has 3 nitrogen and oxygen atoms in total. The molecule has 0 aliphatic carbocycles. The van der Waals surface area contributed by atoms with Gasteiger partial charge in [0.05, 0.1) is 12.1 Å². The highest BCUT2D eigenvalue weighted by Gasteiger charge is 2.22. The van der Waals surface area contributed by atoms with Crippen molar-refractivity contribution < 1.29 is 13.4 Å². The zero-order valence-corrected chi connectivity index (χ0v) is 13.3. The number of hydrogen-bond acceptors (Lipinski definition) is 1. The van der Waals surface area contributed by atoms with Crippen LogP contribution in [0.2, 0.25) is 0 Å². The van der Waals surface area contributed by atoms with Crippen molar-refractivity contribution >= 4 is 27.6 Å². The van der Waals surface area contributed by atoms with Crippen LogP contribution in [0.5, 0.6) is 0 Å². The molecule has 0 saturated heterocycles. The van der Waals surface area contributed by atoms with Crippen molar-refractivity contribution in [1.82, 2.24) is 0 Å². The zero-order chi connectivity index (χ0) is 16.8. The Morgan fingerprint density at radius 2 is 1.79 bits per heavy atom. The largest absolute Gasteiger partial charge is 0.466 e. The smallest absolute Gasteiger partial charge is 0.264 e. The highest BCUT2D eigenvalue weighted by atomic mass is 19.1. The average molecular weight is 317 g/mol. The first-order chi connectivity index (χ1) is 11.6. The minimum atomic E-state index is -0.555. The van der Waals surface area contributed by atoms with E-state index in [0.717, 1.165) is 27.6 Å². The molecule has 0 atom stereocenters. The molecule has 2 aromatic heterocycles. The zero-order valence-electron chi connectivity index (χ0n) is 13.3. The maximum Gasteiger partial charge on any atom is 0.264 e. The highest BCUT2D eigenvalue weighted by Crippen LogP contribution is 2.40. The molecule has 4 heteroatoms. The third-order valence-corrected chi connectivity index (χ3v) is 4.37. The number of benzene rings is 2. The molecule has 0 aliphatic rings. The van der Waals surface area contributed by atoms with Gasteiger partial charge >= 0.3 is 0 Å². The molecule has 0 radical (unpaired) electrons. The topological polar surface area (TPSA) is 21.4 Å². The van der Waals surface area contributed by atoms with Gasteiger partial charge in [0.25, 0.3) is 5.69 Å². The number of furan rings is 1. The number of pyridine rings is 1. The lowest BCUT2D eigenvalue weighted by molar-refractivity contribution is -0.660. The van der Waals surface area contributed by atoms with Crippen molar-refractivity contribution in [3.8, 4) is 11.3 Å². The van der Waals surface area contributed by atoms with E-state index in [2.05, 4.69) is 4.85 Å². The quantitative estimate of drug-likeness (QED) is 0.354. The molecule has 116 valence electrons. The maximum absolute atomic E-state index is 13.9. The van der Waals surface area contributed by atoms with Gasteiger partial charge in [0.2, 0.25) is 5.69 Å². The molecule has 4 aromatic rings. The minimum Gasteiger partial charge on any atom is -0.466 e. The molecule has 4 rings (SSSR count). The summed E-state index contributed by atoms with van der Waals surface area (Å²) < 4.78 is 22.0. The van der Waals surface area contributed by atoms with Crippen LogP contribution in [0.1, 0.15) is 5.56 Å². The van der Waals surface area contributed by atoms with Gasteiger partial charge in [-0.05, 0) is 24.6 Å². The summed E-state index contributed by atoms with van der Waals surface area (Å²) in [5.41, 5.74) is 3.96. The molecule has 0 bridgehead atoms. The van der Waals surface area contributed by atoms with E-state index in [1.807, 2.05) is 55.1 Å². The molecular weight excluding hydrogens is 303 g/mol. The summed E-state index contributed by atoms with van der Waals surface area (Å²) in [6, 6.07) is 13.0. The molecule has 0 saturated carbocycles. The Balaban J connectivity index is 2.20. The Bertz CT molecular complexity index is 1150. The van der Waals surface area contributed by atoms with Crippen LogP contribution < -0.4 is 4.57 Å². The van der Waals surface area contributed by atoms with Gasteiger partial charge in [0.1, 0.15) is 24.0 Å². The third-order valence-electron chi connectivity index (χ3n) is 4.37. The van der Waals surface area contributed by atoms with E-state index in [4.69, 9.17) is 11.0 Å². The van der Waals surface area contributed by atoms with E-state index in [9.17, 15) is 4.39 Å². The fourth-order valence-electron chi connectivity index (χ4n) is 3.17. The van der Waals surface area contributed by atoms with Gasteiger partial charge in [-0.25, -0.2) is 13.8 Å². The first kappa shape index (κ1) is 14.4. The van der Waals surface area contributed by atoms with E-state index in [1.165, 1.54) is 6.07 Å². The van der Waals surface area contributed by atoms with Crippen LogP contribution in [-0.4, -0.2) is 0 Å². The average Bonchev–Trinajstić information content (AvgIpc) is 2.94. The Morgan fingerprint density at radius 3 is 2.54 bits per heavy atom. The summed E-state index contributed by atoms with van der Waals surface area (Å²) in [6.45, 7) is 9.27. The van der Waals surface area contributed by atoms with Crippen LogP contribution >= 0.6 is 0 Å². The number of fused-ring (bicyclic) bond motifs is 3. The molecule has 0 aliphatic heterocycles. The summed E-state index contributed by atoms with van der Waals surface area (Å²) in [6.07, 6.45) is 1.97. The second kappa shape index (κ2) is 5.17. The van der Waals surface area contributed by atoms with Crippen molar-refractivity contribution in [2.24, 2.45) is 7.05 Å². The Labute approximate surface area is 138 Å². The van der Waals surface area contributed by atoms with Crippen LogP contribution in [0, 0.1) is 19.3 Å². The van der Waals surface area contributed by atoms with E-state index >= 15 is 0 Å². The summed E-state index contributed by atoms with van der Waals surface area (Å²) in [5.74, 6) is -0.555. The van der Waals surface area contributed by atoms with Gasteiger partial charge in [-0.15, -0.1) is 0 Å². The summed E-state index contributed by atoms with van der Waals surface area (Å²) in [4.78, 5) is 3.31. The SMILES string of the molecule is [C-]#[N+]c1c(F)ccc2c1oc1c(-c3cccc[n+]3C)c(C)ccc12. The van der Waals surface area contributed by atoms with Crippen molar-refractivity contribution in [3.05, 3.63) is 71.5 Å². The minimum absolute atomic E-state index is 0.0651. The lowest BCUT2D eigenvalue weighted by Gasteiger charge is -2.05. The number of halogens is 1. The van der Waals surface area contributed by atoms with E-state index in [0.29, 0.717) is 11.2 Å². The Kier molecular flexibility index (Phi) is 3.10. The molecule has 24 heavy (non-hydrogen) atoms. The predicted molar refractivity (Wildman–Crippen MR) is 91.3 cm³/mol. The number of aryl methyl sites for hydroxylation is 2. The van der Waals surface area contributed by atoms with E-state index < -0.39 is 5.82 Å². The molecule has 0 fully saturated rings. The van der Waals surface area contributed by atoms with Gasteiger partial charge < -0.3 is 4.42 Å². The fraction of sp³-hybridized carbons (Fsp3) is 0.100. The first-order valence-corrected chi connectivity index (χ1v) is 7.58. The first-order valence-electron chi connectivity index (χ1n) is 7.58. The molecule has 2 aromatic carbocycles. The fourth-order valence-corrected chi connectivity index (χ4v) is 3.17. The van der Waals surface area contributed by atoms with Gasteiger partial charge in [-0.3, -0.25) is 0 Å². The van der Waals surface area contributed by atoms with Gasteiger partial charge in [-0.1, -0.05) is 18.2 Å². The third kappa shape index (κ3) is 1.92. The van der Waals surface area contributed by atoms with Crippen molar-refractivity contribution in [3.63, 3.8) is 0 Å². The number of rotatable bonds is 1. The van der Waals surface area contributed by atoms with Crippen LogP contribution in [0.25, 0.3) is 38.0 Å². The standard InChI is InChI=1S/C20H14FN2O/c1-12-7-8-13-14-9-10-15(21)18(22-2)20(14)24-19(13)17(12)16-6-4-5-11-23(16)3/h4-11H,1,3H3/q+1. The van der Waals surface area contributed by atoms with Crippen LogP contribution in [0.15, 0.2) is 53.1 Å². The molecule has 0 amide bonds. The van der Waals surface area contributed by atoms with E-state index in [1.54, 1.807) is 6.07 Å². The normalized spacial score (nSPS) is 11.1. The summed E-state index contributed by atoms with van der Waals surface area (Å²) in [7, 11) is 1.97. The Morgan fingerprint density at radius 1 is 1.04 bits per heavy atom. The van der Waals surface area contributed by atoms with Gasteiger partial charge in [-0.2, -0.15) is 0 Å². The molecule has 2 heterocycles. The molecule has 0 unspecified atom stereocenters. The lowest BCUT2D eigenvalue weighted by Crippen LogP contribution is -2.30. The van der Waals surface area contributed by atoms with E-state index in [-0.39, 0.29) is 5.69 Å². The molecular formula is C20H14FN2O+. The second-order valence-corrected chi connectivity index (χ2v) is 5.82. The maximum atomic E-state index is 13.9. The Hall–Kier alpha value is -3.19. The van der Waals surface area contributed by atoms with Gasteiger partial charge in [0.15, 0.2) is 6.20 Å². The molecule has 0 N–H and O–H groups in total. The number of hydrogen-bond donors (Lipinski definition) is 0. The van der Waals surface area contributed by atoms with Crippen LogP contribution in [0.3, 0.4) is 0 Å². The van der Waals surface area contributed by atoms with Crippen molar-refractivity contribution in [2.75, 3.05) is 0 Å².